The first-order valence-electron chi connectivity index (χ1n) is 4.93. The molecule has 0 aliphatic heterocycles. The van der Waals surface area contributed by atoms with Gasteiger partial charge in [0.2, 0.25) is 0 Å². The molecular weight excluding hydrogens is 288 g/mol. The van der Waals surface area contributed by atoms with Crippen LogP contribution in [0.15, 0.2) is 22.7 Å². The van der Waals surface area contributed by atoms with Gasteiger partial charge in [-0.2, -0.15) is 0 Å². The summed E-state index contributed by atoms with van der Waals surface area (Å²) in [4.78, 5) is 0. The van der Waals surface area contributed by atoms with Crippen molar-refractivity contribution in [3.8, 4) is 0 Å². The van der Waals surface area contributed by atoms with Crippen LogP contribution in [0.25, 0.3) is 0 Å². The highest BCUT2D eigenvalue weighted by atomic mass is 79.9. The summed E-state index contributed by atoms with van der Waals surface area (Å²) in [5.41, 5.74) is 2.15. The number of halogens is 1. The van der Waals surface area contributed by atoms with Crippen molar-refractivity contribution in [3.05, 3.63) is 28.2 Å². The van der Waals surface area contributed by atoms with E-state index in [-0.39, 0.29) is 0 Å². The first kappa shape index (κ1) is 13.4. The van der Waals surface area contributed by atoms with Gasteiger partial charge < -0.3 is 15.4 Å². The molecule has 0 spiro atoms. The van der Waals surface area contributed by atoms with E-state index in [2.05, 4.69) is 26.6 Å². The molecule has 2 N–H and O–H groups in total. The van der Waals surface area contributed by atoms with Crippen LogP contribution in [0.3, 0.4) is 0 Å². The van der Waals surface area contributed by atoms with E-state index in [0.717, 1.165) is 10.2 Å². The van der Waals surface area contributed by atoms with Crippen LogP contribution in [0.4, 0.5) is 5.69 Å². The molecule has 0 radical (unpaired) electrons. The highest BCUT2D eigenvalue weighted by Crippen LogP contribution is 2.18. The minimum absolute atomic E-state index is 0.606. The third kappa shape index (κ3) is 4.92. The fourth-order valence-corrected chi connectivity index (χ4v) is 2.08. The van der Waals surface area contributed by atoms with Crippen molar-refractivity contribution in [2.24, 2.45) is 0 Å². The molecule has 0 aliphatic carbocycles. The lowest BCUT2D eigenvalue weighted by Crippen LogP contribution is -2.31. The lowest BCUT2D eigenvalue weighted by Gasteiger charge is -2.11. The van der Waals surface area contributed by atoms with Crippen LogP contribution in [0.1, 0.15) is 5.56 Å². The molecule has 3 nitrogen and oxygen atoms in total. The first-order valence-corrected chi connectivity index (χ1v) is 6.13. The van der Waals surface area contributed by atoms with E-state index in [1.54, 1.807) is 7.11 Å². The summed E-state index contributed by atoms with van der Waals surface area (Å²) in [7, 11) is 1.66. The summed E-state index contributed by atoms with van der Waals surface area (Å²) in [5.74, 6) is 0. The van der Waals surface area contributed by atoms with Gasteiger partial charge in [0.05, 0.1) is 6.61 Å². The average Bonchev–Trinajstić information content (AvgIpc) is 2.16. The molecule has 0 unspecified atom stereocenters. The lowest BCUT2D eigenvalue weighted by molar-refractivity contribution is 0.204. The van der Waals surface area contributed by atoms with E-state index in [4.69, 9.17) is 17.0 Å². The molecule has 0 amide bonds. The van der Waals surface area contributed by atoms with E-state index < -0.39 is 0 Å². The van der Waals surface area contributed by atoms with Gasteiger partial charge in [-0.15, -0.1) is 0 Å². The van der Waals surface area contributed by atoms with Crippen LogP contribution in [0, 0.1) is 6.92 Å². The van der Waals surface area contributed by atoms with E-state index in [1.165, 1.54) is 5.56 Å². The normalized spacial score (nSPS) is 9.94. The Morgan fingerprint density at radius 1 is 1.44 bits per heavy atom. The topological polar surface area (TPSA) is 33.3 Å². The number of nitrogens with one attached hydrogen (secondary N) is 2. The van der Waals surface area contributed by atoms with Gasteiger partial charge in [-0.25, -0.2) is 0 Å². The minimum Gasteiger partial charge on any atom is -0.383 e. The van der Waals surface area contributed by atoms with Gasteiger partial charge >= 0.3 is 0 Å². The summed E-state index contributed by atoms with van der Waals surface area (Å²) < 4.78 is 5.96. The number of benzene rings is 1. The second-order valence-corrected chi connectivity index (χ2v) is 4.71. The fourth-order valence-electron chi connectivity index (χ4n) is 1.25. The Kier molecular flexibility index (Phi) is 5.73. The Morgan fingerprint density at radius 2 is 2.19 bits per heavy atom. The molecule has 0 heterocycles. The fraction of sp³-hybridized carbons (Fsp3) is 0.364. The monoisotopic (exact) mass is 302 g/mol. The molecule has 0 atom stereocenters. The SMILES string of the molecule is COCCNC(=S)Nc1cc(C)cc(Br)c1. The highest BCUT2D eigenvalue weighted by molar-refractivity contribution is 9.10. The number of rotatable bonds is 4. The summed E-state index contributed by atoms with van der Waals surface area (Å²) in [6.07, 6.45) is 0. The van der Waals surface area contributed by atoms with Crippen molar-refractivity contribution in [3.63, 3.8) is 0 Å². The van der Waals surface area contributed by atoms with Gasteiger partial charge in [-0.1, -0.05) is 15.9 Å². The van der Waals surface area contributed by atoms with Gasteiger partial charge in [0.1, 0.15) is 0 Å². The van der Waals surface area contributed by atoms with Crippen LogP contribution in [-0.4, -0.2) is 25.4 Å². The molecule has 1 aromatic carbocycles. The second-order valence-electron chi connectivity index (χ2n) is 3.39. The largest absolute Gasteiger partial charge is 0.383 e. The number of methoxy groups -OCH3 is 1. The van der Waals surface area contributed by atoms with Crippen molar-refractivity contribution in [2.75, 3.05) is 25.6 Å². The zero-order chi connectivity index (χ0) is 12.0. The molecule has 0 saturated heterocycles. The molecule has 88 valence electrons. The van der Waals surface area contributed by atoms with E-state index in [9.17, 15) is 0 Å². The van der Waals surface area contributed by atoms with Crippen molar-refractivity contribution in [2.45, 2.75) is 6.92 Å². The van der Waals surface area contributed by atoms with Crippen LogP contribution in [0.2, 0.25) is 0 Å². The maximum absolute atomic E-state index is 5.14. The van der Waals surface area contributed by atoms with Crippen LogP contribution < -0.4 is 10.6 Å². The van der Waals surface area contributed by atoms with Crippen LogP contribution in [-0.2, 0) is 4.74 Å². The van der Waals surface area contributed by atoms with Crippen molar-refractivity contribution >= 4 is 38.9 Å². The minimum atomic E-state index is 0.606. The number of hydrogen-bond acceptors (Lipinski definition) is 2. The molecule has 0 aliphatic rings. The second kappa shape index (κ2) is 6.83. The Bertz CT molecular complexity index is 351. The maximum atomic E-state index is 5.14. The number of anilines is 1. The lowest BCUT2D eigenvalue weighted by atomic mass is 10.2. The zero-order valence-corrected chi connectivity index (χ0v) is 11.7. The summed E-state index contributed by atoms with van der Waals surface area (Å²) in [6, 6.07) is 6.07. The van der Waals surface area contributed by atoms with Gasteiger partial charge in [-0.3, -0.25) is 0 Å². The summed E-state index contributed by atoms with van der Waals surface area (Å²) in [6.45, 7) is 3.38. The molecule has 0 fully saturated rings. The average molecular weight is 303 g/mol. The van der Waals surface area contributed by atoms with Crippen molar-refractivity contribution < 1.29 is 4.74 Å². The third-order valence-electron chi connectivity index (χ3n) is 1.89. The number of ether oxygens (including phenoxy) is 1. The first-order chi connectivity index (χ1) is 7.61. The van der Waals surface area contributed by atoms with Gasteiger partial charge in [0.25, 0.3) is 0 Å². The molecule has 0 bridgehead atoms. The van der Waals surface area contributed by atoms with E-state index in [0.29, 0.717) is 18.3 Å². The van der Waals surface area contributed by atoms with E-state index in [1.807, 2.05) is 25.1 Å². The van der Waals surface area contributed by atoms with Gasteiger partial charge in [0, 0.05) is 23.8 Å². The van der Waals surface area contributed by atoms with Gasteiger partial charge in [-0.05, 0) is 42.9 Å². The third-order valence-corrected chi connectivity index (χ3v) is 2.60. The predicted octanol–water partition coefficient (Wildman–Crippen LogP) is 2.69. The van der Waals surface area contributed by atoms with Crippen molar-refractivity contribution in [1.29, 1.82) is 0 Å². The quantitative estimate of drug-likeness (QED) is 0.662. The maximum Gasteiger partial charge on any atom is 0.170 e. The highest BCUT2D eigenvalue weighted by Gasteiger charge is 1.99. The molecule has 5 heteroatoms. The Labute approximate surface area is 110 Å². The molecule has 0 aromatic heterocycles. The Morgan fingerprint density at radius 3 is 2.81 bits per heavy atom. The summed E-state index contributed by atoms with van der Waals surface area (Å²) >= 11 is 8.59. The number of hydrogen-bond donors (Lipinski definition) is 2. The molecule has 16 heavy (non-hydrogen) atoms. The number of aryl methyl sites for hydroxylation is 1. The van der Waals surface area contributed by atoms with E-state index >= 15 is 0 Å². The smallest absolute Gasteiger partial charge is 0.170 e. The summed E-state index contributed by atoms with van der Waals surface area (Å²) in [5, 5.41) is 6.77. The Hall–Kier alpha value is -0.650. The van der Waals surface area contributed by atoms with Crippen molar-refractivity contribution in [1.82, 2.24) is 5.32 Å². The predicted molar refractivity (Wildman–Crippen MR) is 75.0 cm³/mol. The molecule has 1 aromatic rings. The zero-order valence-electron chi connectivity index (χ0n) is 9.34. The molecular formula is C11H15BrN2OS. The standard InChI is InChI=1S/C11H15BrN2OS/c1-8-5-9(12)7-10(6-8)14-11(16)13-3-4-15-2/h5-7H,3-4H2,1-2H3,(H2,13,14,16). The Balaban J connectivity index is 2.49. The van der Waals surface area contributed by atoms with Crippen LogP contribution in [0.5, 0.6) is 0 Å². The molecule has 0 saturated carbocycles. The van der Waals surface area contributed by atoms with Gasteiger partial charge in [0.15, 0.2) is 5.11 Å². The van der Waals surface area contributed by atoms with Crippen LogP contribution >= 0.6 is 28.1 Å². The number of thiocarbonyl (C=S) groups is 1. The molecule has 1 rings (SSSR count).